The molecule has 3 rings (SSSR count). The average molecular weight is 343 g/mol. The van der Waals surface area contributed by atoms with Gasteiger partial charge in [0.15, 0.2) is 5.82 Å². The van der Waals surface area contributed by atoms with Crippen molar-refractivity contribution in [3.63, 3.8) is 0 Å². The molecule has 134 valence electrons. The van der Waals surface area contributed by atoms with Crippen LogP contribution in [0.4, 0.5) is 0 Å². The lowest BCUT2D eigenvalue weighted by Crippen LogP contribution is -2.48. The van der Waals surface area contributed by atoms with Crippen LogP contribution in [0.1, 0.15) is 43.2 Å². The Labute approximate surface area is 147 Å². The molecule has 7 heteroatoms. The maximum Gasteiger partial charge on any atom is 0.242 e. The van der Waals surface area contributed by atoms with Gasteiger partial charge in [-0.05, 0) is 26.3 Å². The van der Waals surface area contributed by atoms with Crippen LogP contribution in [0.25, 0.3) is 0 Å². The summed E-state index contributed by atoms with van der Waals surface area (Å²) in [6.45, 7) is 7.60. The lowest BCUT2D eigenvalue weighted by molar-refractivity contribution is -0.131. The van der Waals surface area contributed by atoms with Crippen LogP contribution in [0.15, 0.2) is 30.3 Å². The second kappa shape index (κ2) is 7.76. The second-order valence-corrected chi connectivity index (χ2v) is 6.61. The van der Waals surface area contributed by atoms with Gasteiger partial charge in [0.2, 0.25) is 5.91 Å². The van der Waals surface area contributed by atoms with Crippen LogP contribution in [0.5, 0.6) is 0 Å². The Morgan fingerprint density at radius 3 is 2.76 bits per heavy atom. The predicted octanol–water partition coefficient (Wildman–Crippen LogP) is 1.75. The fourth-order valence-corrected chi connectivity index (χ4v) is 3.09. The fourth-order valence-electron chi connectivity index (χ4n) is 3.09. The molecule has 0 spiro atoms. The molecular formula is C18H25N5O2. The van der Waals surface area contributed by atoms with Crippen LogP contribution in [0.3, 0.4) is 0 Å². The number of hydrogen-bond donors (Lipinski definition) is 2. The molecule has 1 saturated heterocycles. The molecule has 2 N–H and O–H groups in total. The molecule has 2 aromatic rings. The summed E-state index contributed by atoms with van der Waals surface area (Å²) < 4.78 is 5.84. The number of aromatic amines is 1. The number of aryl methyl sites for hydroxylation is 1. The van der Waals surface area contributed by atoms with Gasteiger partial charge < -0.3 is 10.1 Å². The SMILES string of the molecule is Cc1nc([C@H]2CN([C@H](C(=O)NC(C)C)c3ccccc3)CCO2)n[nH]1. The third-order valence-electron chi connectivity index (χ3n) is 4.16. The lowest BCUT2D eigenvalue weighted by Gasteiger charge is -2.37. The van der Waals surface area contributed by atoms with Crippen LogP contribution >= 0.6 is 0 Å². The molecule has 1 fully saturated rings. The van der Waals surface area contributed by atoms with Crippen molar-refractivity contribution in [1.29, 1.82) is 0 Å². The number of hydrogen-bond acceptors (Lipinski definition) is 5. The van der Waals surface area contributed by atoms with Crippen LogP contribution in [-0.4, -0.2) is 51.7 Å². The number of nitrogens with zero attached hydrogens (tertiary/aromatic N) is 3. The molecule has 0 bridgehead atoms. The monoisotopic (exact) mass is 343 g/mol. The number of aromatic nitrogens is 3. The molecular weight excluding hydrogens is 318 g/mol. The topological polar surface area (TPSA) is 83.1 Å². The van der Waals surface area contributed by atoms with E-state index in [0.717, 1.165) is 11.4 Å². The van der Waals surface area contributed by atoms with E-state index in [2.05, 4.69) is 25.4 Å². The van der Waals surface area contributed by atoms with E-state index in [-0.39, 0.29) is 24.1 Å². The van der Waals surface area contributed by atoms with Crippen molar-refractivity contribution in [1.82, 2.24) is 25.4 Å². The Kier molecular flexibility index (Phi) is 5.45. The highest BCUT2D eigenvalue weighted by Gasteiger charge is 2.34. The molecule has 0 radical (unpaired) electrons. The van der Waals surface area contributed by atoms with E-state index >= 15 is 0 Å². The zero-order chi connectivity index (χ0) is 17.8. The minimum absolute atomic E-state index is 0.00742. The first-order chi connectivity index (χ1) is 12.0. The average Bonchev–Trinajstić information content (AvgIpc) is 3.02. The van der Waals surface area contributed by atoms with Crippen LogP contribution in [0, 0.1) is 6.92 Å². The first-order valence-electron chi connectivity index (χ1n) is 8.64. The van der Waals surface area contributed by atoms with Gasteiger partial charge >= 0.3 is 0 Å². The third kappa shape index (κ3) is 4.24. The highest BCUT2D eigenvalue weighted by molar-refractivity contribution is 5.83. The molecule has 0 aliphatic carbocycles. The number of H-pyrrole nitrogens is 1. The largest absolute Gasteiger partial charge is 0.367 e. The van der Waals surface area contributed by atoms with Gasteiger partial charge in [-0.1, -0.05) is 30.3 Å². The number of amides is 1. The predicted molar refractivity (Wildman–Crippen MR) is 93.8 cm³/mol. The smallest absolute Gasteiger partial charge is 0.242 e. The molecule has 1 aliphatic rings. The van der Waals surface area contributed by atoms with Crippen LogP contribution in [-0.2, 0) is 9.53 Å². The fraction of sp³-hybridized carbons (Fsp3) is 0.500. The molecule has 2 atom stereocenters. The van der Waals surface area contributed by atoms with Crippen molar-refractivity contribution in [2.45, 2.75) is 39.0 Å². The van der Waals surface area contributed by atoms with E-state index in [0.29, 0.717) is 25.5 Å². The van der Waals surface area contributed by atoms with E-state index in [1.54, 1.807) is 0 Å². The Morgan fingerprint density at radius 2 is 2.12 bits per heavy atom. The number of rotatable bonds is 5. The summed E-state index contributed by atoms with van der Waals surface area (Å²) in [5.74, 6) is 1.40. The number of carbonyl (C=O) groups is 1. The summed E-state index contributed by atoms with van der Waals surface area (Å²) in [5, 5.41) is 10.1. The molecule has 7 nitrogen and oxygen atoms in total. The number of morpholine rings is 1. The van der Waals surface area contributed by atoms with Crippen molar-refractivity contribution in [3.05, 3.63) is 47.5 Å². The Morgan fingerprint density at radius 1 is 1.36 bits per heavy atom. The zero-order valence-corrected chi connectivity index (χ0v) is 14.9. The van der Waals surface area contributed by atoms with Crippen molar-refractivity contribution in [3.8, 4) is 0 Å². The minimum atomic E-state index is -0.352. The first-order valence-corrected chi connectivity index (χ1v) is 8.64. The Bertz CT molecular complexity index is 701. The normalized spacial score (nSPS) is 19.8. The van der Waals surface area contributed by atoms with Gasteiger partial charge in [0.1, 0.15) is 18.0 Å². The van der Waals surface area contributed by atoms with Crippen molar-refractivity contribution >= 4 is 5.91 Å². The summed E-state index contributed by atoms with van der Waals surface area (Å²) >= 11 is 0. The van der Waals surface area contributed by atoms with Crippen LogP contribution in [0.2, 0.25) is 0 Å². The van der Waals surface area contributed by atoms with Gasteiger partial charge in [0.25, 0.3) is 0 Å². The van der Waals surface area contributed by atoms with Crippen molar-refractivity contribution < 1.29 is 9.53 Å². The third-order valence-corrected chi connectivity index (χ3v) is 4.16. The second-order valence-electron chi connectivity index (χ2n) is 6.61. The molecule has 1 aromatic heterocycles. The molecule has 1 amide bonds. The standard InChI is InChI=1S/C18H25N5O2/c1-12(2)19-18(24)16(14-7-5-4-6-8-14)23-9-10-25-15(11-23)17-20-13(3)21-22-17/h4-8,12,15-16H,9-11H2,1-3H3,(H,19,24)(H,20,21,22)/t15-,16+/m1/s1. The summed E-state index contributed by atoms with van der Waals surface area (Å²) in [6, 6.07) is 9.60. The Hall–Kier alpha value is -2.25. The number of benzene rings is 1. The van der Waals surface area contributed by atoms with Gasteiger partial charge in [-0.25, -0.2) is 4.98 Å². The van der Waals surface area contributed by atoms with E-state index < -0.39 is 0 Å². The summed E-state index contributed by atoms with van der Waals surface area (Å²) in [6.07, 6.45) is -0.239. The number of ether oxygens (including phenoxy) is 1. The van der Waals surface area contributed by atoms with Crippen LogP contribution < -0.4 is 5.32 Å². The van der Waals surface area contributed by atoms with Crippen molar-refractivity contribution in [2.75, 3.05) is 19.7 Å². The summed E-state index contributed by atoms with van der Waals surface area (Å²) in [5.41, 5.74) is 0.979. The van der Waals surface area contributed by atoms with E-state index in [1.165, 1.54) is 0 Å². The first kappa shape index (κ1) is 17.6. The lowest BCUT2D eigenvalue weighted by atomic mass is 10.0. The number of nitrogens with one attached hydrogen (secondary N) is 2. The number of carbonyl (C=O) groups excluding carboxylic acids is 1. The molecule has 0 unspecified atom stereocenters. The van der Waals surface area contributed by atoms with Gasteiger partial charge in [-0.3, -0.25) is 14.8 Å². The molecule has 1 aliphatic heterocycles. The summed E-state index contributed by atoms with van der Waals surface area (Å²) in [4.78, 5) is 19.4. The Balaban J connectivity index is 1.83. The van der Waals surface area contributed by atoms with Gasteiger partial charge in [0.05, 0.1) is 6.61 Å². The van der Waals surface area contributed by atoms with E-state index in [1.807, 2.05) is 51.1 Å². The van der Waals surface area contributed by atoms with Gasteiger partial charge in [0, 0.05) is 19.1 Å². The maximum atomic E-state index is 12.9. The molecule has 2 heterocycles. The summed E-state index contributed by atoms with van der Waals surface area (Å²) in [7, 11) is 0. The zero-order valence-electron chi connectivity index (χ0n) is 14.9. The molecule has 0 saturated carbocycles. The van der Waals surface area contributed by atoms with Gasteiger partial charge in [-0.2, -0.15) is 5.10 Å². The molecule has 25 heavy (non-hydrogen) atoms. The quantitative estimate of drug-likeness (QED) is 0.864. The maximum absolute atomic E-state index is 12.9. The minimum Gasteiger partial charge on any atom is -0.367 e. The van der Waals surface area contributed by atoms with E-state index in [4.69, 9.17) is 4.74 Å². The van der Waals surface area contributed by atoms with Crippen molar-refractivity contribution in [2.24, 2.45) is 0 Å². The highest BCUT2D eigenvalue weighted by atomic mass is 16.5. The van der Waals surface area contributed by atoms with E-state index in [9.17, 15) is 4.79 Å². The highest BCUT2D eigenvalue weighted by Crippen LogP contribution is 2.28. The van der Waals surface area contributed by atoms with Gasteiger partial charge in [-0.15, -0.1) is 0 Å². The molecule has 1 aromatic carbocycles.